The van der Waals surface area contributed by atoms with Gasteiger partial charge in [-0.05, 0) is 50.5 Å². The van der Waals surface area contributed by atoms with Gasteiger partial charge in [-0.25, -0.2) is 0 Å². The number of aliphatic hydroxyl groups is 2. The van der Waals surface area contributed by atoms with E-state index in [4.69, 9.17) is 0 Å². The van der Waals surface area contributed by atoms with Gasteiger partial charge in [0, 0.05) is 18.9 Å². The standard InChI is InChI=1S/C14H24N2O2/c1-11-5-8-14(18,9-6-11)13(17)4-3-12-7-10-15-16(12)2/h7,10-11,13,17-18H,3-6,8-9H2,1-2H3. The van der Waals surface area contributed by atoms with Crippen LogP contribution >= 0.6 is 0 Å². The maximum atomic E-state index is 10.5. The lowest BCUT2D eigenvalue weighted by molar-refractivity contribution is -0.105. The smallest absolute Gasteiger partial charge is 0.0905 e. The summed E-state index contributed by atoms with van der Waals surface area (Å²) in [6.07, 6.45) is 5.97. The first-order valence-corrected chi connectivity index (χ1v) is 6.88. The van der Waals surface area contributed by atoms with Crippen LogP contribution in [0.2, 0.25) is 0 Å². The zero-order valence-electron chi connectivity index (χ0n) is 11.3. The lowest BCUT2D eigenvalue weighted by Gasteiger charge is -2.38. The summed E-state index contributed by atoms with van der Waals surface area (Å²) < 4.78 is 1.82. The summed E-state index contributed by atoms with van der Waals surface area (Å²) in [5.41, 5.74) is 0.229. The molecule has 4 nitrogen and oxygen atoms in total. The molecule has 1 fully saturated rings. The Balaban J connectivity index is 1.87. The number of hydrogen-bond donors (Lipinski definition) is 2. The summed E-state index contributed by atoms with van der Waals surface area (Å²) in [5, 5.41) is 24.8. The molecule has 18 heavy (non-hydrogen) atoms. The molecule has 1 atom stereocenters. The number of rotatable bonds is 4. The molecule has 1 aromatic rings. The number of aryl methyl sites for hydroxylation is 2. The minimum absolute atomic E-state index is 0.602. The van der Waals surface area contributed by atoms with Crippen molar-refractivity contribution in [1.29, 1.82) is 0 Å². The SMILES string of the molecule is CC1CCC(O)(C(O)CCc2ccnn2C)CC1. The van der Waals surface area contributed by atoms with E-state index in [9.17, 15) is 10.2 Å². The van der Waals surface area contributed by atoms with E-state index in [1.54, 1.807) is 6.20 Å². The Kier molecular flexibility index (Phi) is 4.07. The first-order valence-electron chi connectivity index (χ1n) is 6.88. The zero-order chi connectivity index (χ0) is 13.2. The van der Waals surface area contributed by atoms with Crippen LogP contribution in [0.3, 0.4) is 0 Å². The number of nitrogens with zero attached hydrogens (tertiary/aromatic N) is 2. The number of hydrogen-bond acceptors (Lipinski definition) is 3. The highest BCUT2D eigenvalue weighted by atomic mass is 16.3. The fraction of sp³-hybridized carbons (Fsp3) is 0.786. The van der Waals surface area contributed by atoms with E-state index < -0.39 is 11.7 Å². The minimum Gasteiger partial charge on any atom is -0.390 e. The topological polar surface area (TPSA) is 58.3 Å². The van der Waals surface area contributed by atoms with E-state index in [0.29, 0.717) is 12.3 Å². The molecule has 0 aliphatic heterocycles. The fourth-order valence-electron chi connectivity index (χ4n) is 2.80. The Morgan fingerprint density at radius 2 is 2.17 bits per heavy atom. The second kappa shape index (κ2) is 5.41. The van der Waals surface area contributed by atoms with E-state index in [-0.39, 0.29) is 0 Å². The van der Waals surface area contributed by atoms with Gasteiger partial charge in [0.05, 0.1) is 11.7 Å². The largest absolute Gasteiger partial charge is 0.390 e. The van der Waals surface area contributed by atoms with E-state index in [2.05, 4.69) is 12.0 Å². The molecule has 102 valence electrons. The summed E-state index contributed by atoms with van der Waals surface area (Å²) >= 11 is 0. The van der Waals surface area contributed by atoms with Gasteiger partial charge in [0.2, 0.25) is 0 Å². The Hall–Kier alpha value is -0.870. The molecule has 1 heterocycles. The van der Waals surface area contributed by atoms with Crippen LogP contribution in [0.1, 0.15) is 44.7 Å². The molecule has 1 aliphatic rings. The van der Waals surface area contributed by atoms with Gasteiger partial charge < -0.3 is 10.2 Å². The first kappa shape index (κ1) is 13.6. The monoisotopic (exact) mass is 252 g/mol. The molecule has 0 aromatic carbocycles. The van der Waals surface area contributed by atoms with Crippen molar-refractivity contribution in [1.82, 2.24) is 9.78 Å². The molecule has 4 heteroatoms. The maximum Gasteiger partial charge on any atom is 0.0905 e. The molecule has 0 spiro atoms. The molecule has 1 unspecified atom stereocenters. The van der Waals surface area contributed by atoms with Gasteiger partial charge >= 0.3 is 0 Å². The number of aromatic nitrogens is 2. The normalized spacial score (nSPS) is 30.3. The molecule has 2 rings (SSSR count). The van der Waals surface area contributed by atoms with Crippen LogP contribution in [-0.2, 0) is 13.5 Å². The van der Waals surface area contributed by atoms with Crippen molar-refractivity contribution in [3.8, 4) is 0 Å². The third-order valence-electron chi connectivity index (χ3n) is 4.36. The second-order valence-corrected chi connectivity index (χ2v) is 5.79. The average molecular weight is 252 g/mol. The summed E-state index contributed by atoms with van der Waals surface area (Å²) in [6.45, 7) is 2.21. The lowest BCUT2D eigenvalue weighted by Crippen LogP contribution is -2.45. The third kappa shape index (κ3) is 2.93. The molecule has 0 bridgehead atoms. The van der Waals surface area contributed by atoms with Crippen molar-refractivity contribution in [3.63, 3.8) is 0 Å². The fourth-order valence-corrected chi connectivity index (χ4v) is 2.80. The Labute approximate surface area is 109 Å². The van der Waals surface area contributed by atoms with Gasteiger partial charge in [0.1, 0.15) is 0 Å². The summed E-state index contributed by atoms with van der Waals surface area (Å²) in [7, 11) is 1.90. The predicted molar refractivity (Wildman–Crippen MR) is 70.1 cm³/mol. The molecule has 2 N–H and O–H groups in total. The van der Waals surface area contributed by atoms with Crippen molar-refractivity contribution in [2.24, 2.45) is 13.0 Å². The van der Waals surface area contributed by atoms with Gasteiger partial charge in [-0.1, -0.05) is 6.92 Å². The minimum atomic E-state index is -0.870. The maximum absolute atomic E-state index is 10.5. The molecule has 1 aromatic heterocycles. The average Bonchev–Trinajstić information content (AvgIpc) is 2.76. The van der Waals surface area contributed by atoms with Crippen LogP contribution in [0.25, 0.3) is 0 Å². The van der Waals surface area contributed by atoms with E-state index in [1.165, 1.54) is 0 Å². The second-order valence-electron chi connectivity index (χ2n) is 5.79. The van der Waals surface area contributed by atoms with Crippen LogP contribution < -0.4 is 0 Å². The molecule has 1 saturated carbocycles. The highest BCUT2D eigenvalue weighted by Crippen LogP contribution is 2.35. The Morgan fingerprint density at radius 1 is 1.50 bits per heavy atom. The molecular weight excluding hydrogens is 228 g/mol. The summed E-state index contributed by atoms with van der Waals surface area (Å²) in [5.74, 6) is 0.676. The van der Waals surface area contributed by atoms with Crippen molar-refractivity contribution < 1.29 is 10.2 Å². The van der Waals surface area contributed by atoms with Gasteiger partial charge in [0.15, 0.2) is 0 Å². The number of aliphatic hydroxyl groups excluding tert-OH is 1. The quantitative estimate of drug-likeness (QED) is 0.856. The van der Waals surface area contributed by atoms with Crippen LogP contribution in [0.15, 0.2) is 12.3 Å². The van der Waals surface area contributed by atoms with Crippen molar-refractivity contribution in [3.05, 3.63) is 18.0 Å². The predicted octanol–water partition coefficient (Wildman–Crippen LogP) is 1.65. The Morgan fingerprint density at radius 3 is 2.72 bits per heavy atom. The van der Waals surface area contributed by atoms with Crippen molar-refractivity contribution >= 4 is 0 Å². The summed E-state index contributed by atoms with van der Waals surface area (Å²) in [6, 6.07) is 1.96. The van der Waals surface area contributed by atoms with Crippen LogP contribution in [0.5, 0.6) is 0 Å². The van der Waals surface area contributed by atoms with Crippen LogP contribution in [-0.4, -0.2) is 31.7 Å². The molecule has 0 radical (unpaired) electrons. The summed E-state index contributed by atoms with van der Waals surface area (Å²) in [4.78, 5) is 0. The highest BCUT2D eigenvalue weighted by molar-refractivity contribution is 5.01. The Bertz CT molecular complexity index is 381. The molecule has 1 aliphatic carbocycles. The molecular formula is C14H24N2O2. The van der Waals surface area contributed by atoms with Gasteiger partial charge in [0.25, 0.3) is 0 Å². The molecule has 0 saturated heterocycles. The van der Waals surface area contributed by atoms with Crippen molar-refractivity contribution in [2.45, 2.75) is 57.2 Å². The zero-order valence-corrected chi connectivity index (χ0v) is 11.3. The molecule has 0 amide bonds. The van der Waals surface area contributed by atoms with Crippen LogP contribution in [0.4, 0.5) is 0 Å². The van der Waals surface area contributed by atoms with Crippen LogP contribution in [0, 0.1) is 5.92 Å². The van der Waals surface area contributed by atoms with Gasteiger partial charge in [-0.3, -0.25) is 4.68 Å². The lowest BCUT2D eigenvalue weighted by atomic mass is 9.75. The van der Waals surface area contributed by atoms with Crippen molar-refractivity contribution in [2.75, 3.05) is 0 Å². The van der Waals surface area contributed by atoms with Gasteiger partial charge in [-0.2, -0.15) is 5.10 Å². The third-order valence-corrected chi connectivity index (χ3v) is 4.36. The van der Waals surface area contributed by atoms with E-state index >= 15 is 0 Å². The first-order chi connectivity index (χ1) is 8.51. The van der Waals surface area contributed by atoms with E-state index in [0.717, 1.165) is 37.8 Å². The van der Waals surface area contributed by atoms with Gasteiger partial charge in [-0.15, -0.1) is 0 Å². The van der Waals surface area contributed by atoms with E-state index in [1.807, 2.05) is 17.8 Å². The highest BCUT2D eigenvalue weighted by Gasteiger charge is 2.38.